The Morgan fingerprint density at radius 2 is 2.10 bits per heavy atom. The Balaban J connectivity index is 1.66. The SMILES string of the molecule is O=C(NCc1nc(-c2ccc([N+](=O)[O-])cc2)no1)C1CC1. The summed E-state index contributed by atoms with van der Waals surface area (Å²) in [6.07, 6.45) is 1.87. The Morgan fingerprint density at radius 1 is 1.38 bits per heavy atom. The summed E-state index contributed by atoms with van der Waals surface area (Å²) in [5.41, 5.74) is 0.614. The Hall–Kier alpha value is -2.77. The number of aromatic nitrogens is 2. The number of non-ortho nitro benzene ring substituents is 1. The third-order valence-corrected chi connectivity index (χ3v) is 3.17. The van der Waals surface area contributed by atoms with Crippen LogP contribution in [0.15, 0.2) is 28.8 Å². The summed E-state index contributed by atoms with van der Waals surface area (Å²) < 4.78 is 5.04. The van der Waals surface area contributed by atoms with Gasteiger partial charge >= 0.3 is 0 Å². The molecule has 3 rings (SSSR count). The van der Waals surface area contributed by atoms with Gasteiger partial charge in [0.05, 0.1) is 11.5 Å². The minimum Gasteiger partial charge on any atom is -0.347 e. The van der Waals surface area contributed by atoms with Gasteiger partial charge in [-0.3, -0.25) is 14.9 Å². The molecule has 1 heterocycles. The summed E-state index contributed by atoms with van der Waals surface area (Å²) in [5.74, 6) is 0.769. The van der Waals surface area contributed by atoms with Gasteiger partial charge in [-0.25, -0.2) is 0 Å². The van der Waals surface area contributed by atoms with Gasteiger partial charge in [0.15, 0.2) is 0 Å². The van der Waals surface area contributed by atoms with Crippen molar-refractivity contribution in [2.45, 2.75) is 19.4 Å². The van der Waals surface area contributed by atoms with Crippen molar-refractivity contribution in [2.24, 2.45) is 5.92 Å². The van der Waals surface area contributed by atoms with Crippen LogP contribution in [0, 0.1) is 16.0 Å². The Labute approximate surface area is 119 Å². The lowest BCUT2D eigenvalue weighted by atomic mass is 10.2. The van der Waals surface area contributed by atoms with Crippen LogP contribution in [0.1, 0.15) is 18.7 Å². The summed E-state index contributed by atoms with van der Waals surface area (Å²) >= 11 is 0. The van der Waals surface area contributed by atoms with Crippen LogP contribution in [0.25, 0.3) is 11.4 Å². The lowest BCUT2D eigenvalue weighted by molar-refractivity contribution is -0.384. The Bertz CT molecular complexity index is 676. The lowest BCUT2D eigenvalue weighted by Gasteiger charge is -1.98. The molecule has 0 bridgehead atoms. The fourth-order valence-electron chi connectivity index (χ4n) is 1.83. The van der Waals surface area contributed by atoms with E-state index in [1.165, 1.54) is 12.1 Å². The largest absolute Gasteiger partial charge is 0.347 e. The zero-order valence-corrected chi connectivity index (χ0v) is 11.0. The second kappa shape index (κ2) is 5.31. The first-order chi connectivity index (χ1) is 10.1. The number of carbonyl (C=O) groups excluding carboxylic acids is 1. The molecule has 1 aromatic heterocycles. The number of nitrogens with one attached hydrogen (secondary N) is 1. The van der Waals surface area contributed by atoms with Crippen molar-refractivity contribution in [1.82, 2.24) is 15.5 Å². The normalized spacial score (nSPS) is 13.9. The first kappa shape index (κ1) is 13.2. The molecular formula is C13H12N4O4. The molecule has 0 radical (unpaired) electrons. The van der Waals surface area contributed by atoms with Crippen LogP contribution in [-0.2, 0) is 11.3 Å². The number of carbonyl (C=O) groups is 1. The van der Waals surface area contributed by atoms with Gasteiger partial charge < -0.3 is 9.84 Å². The highest BCUT2D eigenvalue weighted by Gasteiger charge is 2.29. The van der Waals surface area contributed by atoms with E-state index in [1.54, 1.807) is 12.1 Å². The van der Waals surface area contributed by atoms with E-state index in [2.05, 4.69) is 15.5 Å². The van der Waals surface area contributed by atoms with Crippen molar-refractivity contribution >= 4 is 11.6 Å². The molecule has 0 spiro atoms. The summed E-state index contributed by atoms with van der Waals surface area (Å²) in [6, 6.07) is 5.85. The van der Waals surface area contributed by atoms with Crippen LogP contribution in [0.2, 0.25) is 0 Å². The van der Waals surface area contributed by atoms with Gasteiger partial charge in [-0.05, 0) is 25.0 Å². The molecule has 0 atom stereocenters. The maximum Gasteiger partial charge on any atom is 0.269 e. The van der Waals surface area contributed by atoms with Crippen LogP contribution in [-0.4, -0.2) is 21.0 Å². The number of hydrogen-bond acceptors (Lipinski definition) is 6. The van der Waals surface area contributed by atoms with Gasteiger partial charge in [-0.1, -0.05) is 5.16 Å². The van der Waals surface area contributed by atoms with Crippen molar-refractivity contribution in [1.29, 1.82) is 0 Å². The first-order valence-corrected chi connectivity index (χ1v) is 6.48. The van der Waals surface area contributed by atoms with E-state index in [0.717, 1.165) is 12.8 Å². The lowest BCUT2D eigenvalue weighted by Crippen LogP contribution is -2.24. The molecule has 8 nitrogen and oxygen atoms in total. The Morgan fingerprint density at radius 3 is 2.71 bits per heavy atom. The number of nitro groups is 1. The molecule has 108 valence electrons. The van der Waals surface area contributed by atoms with Crippen LogP contribution in [0.3, 0.4) is 0 Å². The molecule has 1 amide bonds. The summed E-state index contributed by atoms with van der Waals surface area (Å²) in [7, 11) is 0. The van der Waals surface area contributed by atoms with Crippen LogP contribution in [0.5, 0.6) is 0 Å². The van der Waals surface area contributed by atoms with E-state index in [4.69, 9.17) is 4.52 Å². The van der Waals surface area contributed by atoms with Gasteiger partial charge in [0.2, 0.25) is 17.6 Å². The average Bonchev–Trinajstić information content (AvgIpc) is 3.24. The molecule has 1 N–H and O–H groups in total. The highest BCUT2D eigenvalue weighted by molar-refractivity contribution is 5.80. The minimum atomic E-state index is -0.473. The van der Waals surface area contributed by atoms with Gasteiger partial charge in [0.1, 0.15) is 0 Å². The van der Waals surface area contributed by atoms with E-state index in [1.807, 2.05) is 0 Å². The van der Waals surface area contributed by atoms with E-state index >= 15 is 0 Å². The molecule has 2 aromatic rings. The van der Waals surface area contributed by atoms with E-state index in [9.17, 15) is 14.9 Å². The predicted octanol–water partition coefficient (Wildman–Crippen LogP) is 1.67. The van der Waals surface area contributed by atoms with Crippen molar-refractivity contribution in [2.75, 3.05) is 0 Å². The molecule has 1 aliphatic carbocycles. The quantitative estimate of drug-likeness (QED) is 0.661. The number of benzene rings is 1. The smallest absolute Gasteiger partial charge is 0.269 e. The van der Waals surface area contributed by atoms with E-state index < -0.39 is 4.92 Å². The molecule has 0 aliphatic heterocycles. The molecule has 1 aromatic carbocycles. The molecule has 0 saturated heterocycles. The van der Waals surface area contributed by atoms with E-state index in [0.29, 0.717) is 17.3 Å². The summed E-state index contributed by atoms with van der Waals surface area (Å²) in [4.78, 5) is 25.7. The van der Waals surface area contributed by atoms with Crippen LogP contribution < -0.4 is 5.32 Å². The summed E-state index contributed by atoms with van der Waals surface area (Å²) in [5, 5.41) is 17.1. The first-order valence-electron chi connectivity index (χ1n) is 6.48. The molecule has 1 saturated carbocycles. The van der Waals surface area contributed by atoms with Crippen molar-refractivity contribution in [3.63, 3.8) is 0 Å². The number of rotatable bonds is 5. The number of nitro benzene ring substituents is 1. The maximum atomic E-state index is 11.5. The molecule has 0 unspecified atom stereocenters. The predicted molar refractivity (Wildman–Crippen MR) is 71.0 cm³/mol. The summed E-state index contributed by atoms with van der Waals surface area (Å²) in [6.45, 7) is 0.190. The number of amides is 1. The third kappa shape index (κ3) is 3.04. The minimum absolute atomic E-state index is 0.000773. The van der Waals surface area contributed by atoms with Gasteiger partial charge in [-0.15, -0.1) is 0 Å². The van der Waals surface area contributed by atoms with Crippen LogP contribution in [0.4, 0.5) is 5.69 Å². The fourth-order valence-corrected chi connectivity index (χ4v) is 1.83. The number of nitrogens with zero attached hydrogens (tertiary/aromatic N) is 3. The Kier molecular flexibility index (Phi) is 3.35. The highest BCUT2D eigenvalue weighted by atomic mass is 16.6. The molecule has 1 aliphatic rings. The number of hydrogen-bond donors (Lipinski definition) is 1. The molecular weight excluding hydrogens is 276 g/mol. The van der Waals surface area contributed by atoms with Crippen LogP contribution >= 0.6 is 0 Å². The monoisotopic (exact) mass is 288 g/mol. The topological polar surface area (TPSA) is 111 Å². The highest BCUT2D eigenvalue weighted by Crippen LogP contribution is 2.28. The second-order valence-electron chi connectivity index (χ2n) is 4.81. The van der Waals surface area contributed by atoms with Gasteiger partial charge in [-0.2, -0.15) is 4.98 Å². The average molecular weight is 288 g/mol. The van der Waals surface area contributed by atoms with Crippen molar-refractivity contribution < 1.29 is 14.2 Å². The maximum absolute atomic E-state index is 11.5. The van der Waals surface area contributed by atoms with Gasteiger partial charge in [0, 0.05) is 23.6 Å². The van der Waals surface area contributed by atoms with Crippen molar-refractivity contribution in [3.05, 3.63) is 40.3 Å². The fraction of sp³-hybridized carbons (Fsp3) is 0.308. The standard InChI is InChI=1S/C13H12N4O4/c18-13(9-1-2-9)14-7-11-15-12(16-21-11)8-3-5-10(6-4-8)17(19)20/h3-6,9H,1-2,7H2,(H,14,18). The van der Waals surface area contributed by atoms with Crippen molar-refractivity contribution in [3.8, 4) is 11.4 Å². The second-order valence-corrected chi connectivity index (χ2v) is 4.81. The third-order valence-electron chi connectivity index (χ3n) is 3.17. The molecule has 1 fully saturated rings. The zero-order chi connectivity index (χ0) is 14.8. The van der Waals surface area contributed by atoms with E-state index in [-0.39, 0.29) is 24.1 Å². The molecule has 21 heavy (non-hydrogen) atoms. The zero-order valence-electron chi connectivity index (χ0n) is 11.0. The molecule has 8 heteroatoms. The van der Waals surface area contributed by atoms with Gasteiger partial charge in [0.25, 0.3) is 5.69 Å².